The van der Waals surface area contributed by atoms with E-state index in [4.69, 9.17) is 0 Å². The zero-order valence-electron chi connectivity index (χ0n) is 12.0. The first-order valence-electron chi connectivity index (χ1n) is 7.67. The van der Waals surface area contributed by atoms with Crippen molar-refractivity contribution in [3.8, 4) is 0 Å². The van der Waals surface area contributed by atoms with Crippen molar-refractivity contribution in [2.45, 2.75) is 63.5 Å². The van der Waals surface area contributed by atoms with Gasteiger partial charge in [0.25, 0.3) is 0 Å². The summed E-state index contributed by atoms with van der Waals surface area (Å²) in [7, 11) is 0. The number of nitrogens with one attached hydrogen (secondary N) is 1. The molecule has 3 rings (SSSR count). The molecule has 2 aliphatic rings. The Morgan fingerprint density at radius 2 is 2.40 bits per heavy atom. The van der Waals surface area contributed by atoms with E-state index in [1.807, 2.05) is 11.1 Å². The Labute approximate surface area is 119 Å². The lowest BCUT2D eigenvalue weighted by Gasteiger charge is -2.31. The molecular weight excluding hydrogens is 254 g/mol. The van der Waals surface area contributed by atoms with E-state index in [9.17, 15) is 9.90 Å². The molecule has 20 heavy (non-hydrogen) atoms. The van der Waals surface area contributed by atoms with Crippen LogP contribution in [0.25, 0.3) is 0 Å². The monoisotopic (exact) mass is 277 g/mol. The highest BCUT2D eigenvalue weighted by Crippen LogP contribution is 2.34. The highest BCUT2D eigenvalue weighted by molar-refractivity contribution is 5.84. The maximum atomic E-state index is 12.9. The van der Waals surface area contributed by atoms with Gasteiger partial charge in [-0.3, -0.25) is 9.89 Å². The number of carbonyl (C=O) groups excluding carboxylic acids is 1. The first-order chi connectivity index (χ1) is 9.66. The molecule has 0 aromatic carbocycles. The molecule has 5 heteroatoms. The molecule has 5 nitrogen and oxygen atoms in total. The number of rotatable bonds is 3. The summed E-state index contributed by atoms with van der Waals surface area (Å²) in [4.78, 5) is 14.9. The molecule has 0 radical (unpaired) electrons. The van der Waals surface area contributed by atoms with Crippen LogP contribution in [0, 0.1) is 0 Å². The first-order valence-corrected chi connectivity index (χ1v) is 7.67. The number of carbonyl (C=O) groups is 1. The molecule has 1 saturated heterocycles. The maximum Gasteiger partial charge on any atom is 0.230 e. The molecular formula is C15H23N3O2. The summed E-state index contributed by atoms with van der Waals surface area (Å²) >= 11 is 0. The van der Waals surface area contributed by atoms with E-state index in [1.165, 1.54) is 0 Å². The first kappa shape index (κ1) is 13.6. The van der Waals surface area contributed by atoms with Crippen LogP contribution in [0.2, 0.25) is 0 Å². The number of fused-ring (bicyclic) bond motifs is 1. The average molecular weight is 277 g/mol. The number of likely N-dealkylation sites (tertiary alicyclic amines) is 1. The van der Waals surface area contributed by atoms with E-state index in [1.54, 1.807) is 6.92 Å². The van der Waals surface area contributed by atoms with Crippen molar-refractivity contribution in [1.82, 2.24) is 15.1 Å². The molecule has 1 amide bonds. The fourth-order valence-corrected chi connectivity index (χ4v) is 3.68. The Morgan fingerprint density at radius 1 is 1.55 bits per heavy atom. The zero-order valence-corrected chi connectivity index (χ0v) is 12.0. The maximum absolute atomic E-state index is 12.9. The van der Waals surface area contributed by atoms with Crippen LogP contribution < -0.4 is 0 Å². The third kappa shape index (κ3) is 2.46. The van der Waals surface area contributed by atoms with Crippen molar-refractivity contribution in [3.63, 3.8) is 0 Å². The van der Waals surface area contributed by atoms with Gasteiger partial charge >= 0.3 is 0 Å². The summed E-state index contributed by atoms with van der Waals surface area (Å²) in [6.07, 6.45) is 7.19. The van der Waals surface area contributed by atoms with Crippen LogP contribution in [-0.2, 0) is 11.2 Å². The predicted molar refractivity (Wildman–Crippen MR) is 75.3 cm³/mol. The molecule has 3 unspecified atom stereocenters. The number of aliphatic hydroxyl groups is 1. The molecule has 1 aliphatic carbocycles. The highest BCUT2D eigenvalue weighted by atomic mass is 16.3. The van der Waals surface area contributed by atoms with Crippen LogP contribution in [0.5, 0.6) is 0 Å². The van der Waals surface area contributed by atoms with E-state index in [0.717, 1.165) is 49.9 Å². The minimum atomic E-state index is -0.343. The van der Waals surface area contributed by atoms with Gasteiger partial charge in [-0.1, -0.05) is 0 Å². The molecule has 1 aromatic heterocycles. The second-order valence-corrected chi connectivity index (χ2v) is 6.16. The van der Waals surface area contributed by atoms with Crippen molar-refractivity contribution in [3.05, 3.63) is 17.5 Å². The standard InChI is InChI=1S/C15H23N3O2/c1-10(19)8-11-4-3-7-18(11)15(20)12-5-2-6-14-13(12)9-16-17-14/h9-12,19H,2-8H2,1H3,(H,16,17). The van der Waals surface area contributed by atoms with Crippen molar-refractivity contribution < 1.29 is 9.90 Å². The minimum Gasteiger partial charge on any atom is -0.393 e. The fourth-order valence-electron chi connectivity index (χ4n) is 3.68. The summed E-state index contributed by atoms with van der Waals surface area (Å²) in [5.74, 6) is 0.197. The molecule has 3 atom stereocenters. The second-order valence-electron chi connectivity index (χ2n) is 6.16. The molecule has 0 bridgehead atoms. The van der Waals surface area contributed by atoms with Crippen molar-refractivity contribution in [2.24, 2.45) is 0 Å². The molecule has 1 aromatic rings. The van der Waals surface area contributed by atoms with Gasteiger partial charge in [0.15, 0.2) is 0 Å². The lowest BCUT2D eigenvalue weighted by Crippen LogP contribution is -2.40. The topological polar surface area (TPSA) is 69.2 Å². The summed E-state index contributed by atoms with van der Waals surface area (Å²) in [6, 6.07) is 0.208. The molecule has 110 valence electrons. The van der Waals surface area contributed by atoms with E-state index in [2.05, 4.69) is 10.2 Å². The molecule has 0 saturated carbocycles. The number of aliphatic hydroxyl groups excluding tert-OH is 1. The number of hydrogen-bond acceptors (Lipinski definition) is 3. The lowest BCUT2D eigenvalue weighted by atomic mass is 9.86. The number of amides is 1. The van der Waals surface area contributed by atoms with Gasteiger partial charge in [0.1, 0.15) is 0 Å². The third-order valence-electron chi connectivity index (χ3n) is 4.62. The van der Waals surface area contributed by atoms with Crippen molar-refractivity contribution in [2.75, 3.05) is 6.54 Å². The van der Waals surface area contributed by atoms with E-state index >= 15 is 0 Å². The summed E-state index contributed by atoms with van der Waals surface area (Å²) < 4.78 is 0. The number of aromatic amines is 1. The molecule has 1 aliphatic heterocycles. The fraction of sp³-hybridized carbons (Fsp3) is 0.733. The number of aryl methyl sites for hydroxylation is 1. The lowest BCUT2D eigenvalue weighted by molar-refractivity contribution is -0.134. The van der Waals surface area contributed by atoms with Gasteiger partial charge in [0.05, 0.1) is 18.2 Å². The minimum absolute atomic E-state index is 0.0351. The van der Waals surface area contributed by atoms with Crippen LogP contribution in [0.1, 0.15) is 56.2 Å². The van der Waals surface area contributed by atoms with Gasteiger partial charge in [-0.25, -0.2) is 0 Å². The van der Waals surface area contributed by atoms with Crippen LogP contribution in [0.3, 0.4) is 0 Å². The Morgan fingerprint density at radius 3 is 3.20 bits per heavy atom. The SMILES string of the molecule is CC(O)CC1CCCN1C(=O)C1CCCc2[nH]ncc21. The van der Waals surface area contributed by atoms with Crippen LogP contribution in [0.4, 0.5) is 0 Å². The molecule has 2 N–H and O–H groups in total. The average Bonchev–Trinajstić information content (AvgIpc) is 3.05. The quantitative estimate of drug-likeness (QED) is 0.881. The van der Waals surface area contributed by atoms with Gasteiger partial charge in [0, 0.05) is 23.8 Å². The van der Waals surface area contributed by atoms with Crippen LogP contribution in [0.15, 0.2) is 6.20 Å². The molecule has 0 spiro atoms. The smallest absolute Gasteiger partial charge is 0.230 e. The number of hydrogen-bond donors (Lipinski definition) is 2. The number of H-pyrrole nitrogens is 1. The Kier molecular flexibility index (Phi) is 3.78. The number of nitrogens with zero attached hydrogens (tertiary/aromatic N) is 2. The summed E-state index contributed by atoms with van der Waals surface area (Å²) in [5, 5.41) is 16.7. The summed E-state index contributed by atoms with van der Waals surface area (Å²) in [6.45, 7) is 2.63. The van der Waals surface area contributed by atoms with Gasteiger partial charge in [-0.05, 0) is 45.4 Å². The second kappa shape index (κ2) is 5.56. The van der Waals surface area contributed by atoms with Crippen LogP contribution in [-0.4, -0.2) is 44.8 Å². The molecule has 1 fully saturated rings. The Bertz CT molecular complexity index is 483. The normalized spacial score (nSPS) is 27.4. The van der Waals surface area contributed by atoms with Gasteiger partial charge in [0.2, 0.25) is 5.91 Å². The van der Waals surface area contributed by atoms with E-state index in [0.29, 0.717) is 6.42 Å². The zero-order chi connectivity index (χ0) is 14.1. The predicted octanol–water partition coefficient (Wildman–Crippen LogP) is 1.59. The number of aromatic nitrogens is 2. The Hall–Kier alpha value is -1.36. The Balaban J connectivity index is 1.76. The molecule has 2 heterocycles. The largest absolute Gasteiger partial charge is 0.393 e. The van der Waals surface area contributed by atoms with Gasteiger partial charge in [-0.15, -0.1) is 0 Å². The van der Waals surface area contributed by atoms with Crippen molar-refractivity contribution in [1.29, 1.82) is 0 Å². The van der Waals surface area contributed by atoms with Gasteiger partial charge < -0.3 is 10.0 Å². The summed E-state index contributed by atoms with van der Waals surface area (Å²) in [5.41, 5.74) is 2.21. The van der Waals surface area contributed by atoms with E-state index in [-0.39, 0.29) is 24.0 Å². The van der Waals surface area contributed by atoms with E-state index < -0.39 is 0 Å². The highest BCUT2D eigenvalue weighted by Gasteiger charge is 2.36. The van der Waals surface area contributed by atoms with Gasteiger partial charge in [-0.2, -0.15) is 5.10 Å². The van der Waals surface area contributed by atoms with Crippen molar-refractivity contribution >= 4 is 5.91 Å². The third-order valence-corrected chi connectivity index (χ3v) is 4.62. The van der Waals surface area contributed by atoms with Crippen LogP contribution >= 0.6 is 0 Å².